The summed E-state index contributed by atoms with van der Waals surface area (Å²) >= 11 is 0. The van der Waals surface area contributed by atoms with E-state index in [1.54, 1.807) is 4.68 Å². The van der Waals surface area contributed by atoms with E-state index >= 15 is 0 Å². The summed E-state index contributed by atoms with van der Waals surface area (Å²) in [7, 11) is 1.87. The number of rotatable bonds is 4. The van der Waals surface area contributed by atoms with Crippen LogP contribution >= 0.6 is 0 Å². The van der Waals surface area contributed by atoms with E-state index in [0.29, 0.717) is 23.3 Å². The number of hydrogen-bond donors (Lipinski definition) is 1. The van der Waals surface area contributed by atoms with Crippen LogP contribution in [0, 0.1) is 11.3 Å². The Morgan fingerprint density at radius 3 is 2.53 bits per heavy atom. The summed E-state index contributed by atoms with van der Waals surface area (Å²) in [5, 5.41) is 14.6. The smallest absolute Gasteiger partial charge is 0.224 e. The molecule has 1 atom stereocenters. The fourth-order valence-electron chi connectivity index (χ4n) is 4.50. The Kier molecular flexibility index (Phi) is 3.60. The third kappa shape index (κ3) is 2.57. The van der Waals surface area contributed by atoms with Crippen molar-refractivity contribution in [3.8, 4) is 17.6 Å². The molecule has 3 aliphatic rings. The molecule has 3 aromatic rings. The van der Waals surface area contributed by atoms with Crippen molar-refractivity contribution in [3.63, 3.8) is 0 Å². The number of aryl methyl sites for hydroxylation is 1. The summed E-state index contributed by atoms with van der Waals surface area (Å²) in [6.45, 7) is 0. The first-order valence-corrected chi connectivity index (χ1v) is 10.4. The van der Waals surface area contributed by atoms with Gasteiger partial charge < -0.3 is 15.0 Å². The number of benzene rings is 1. The first-order valence-electron chi connectivity index (χ1n) is 10.4. The molecule has 2 fully saturated rings. The summed E-state index contributed by atoms with van der Waals surface area (Å²) in [4.78, 5) is 4.54. The van der Waals surface area contributed by atoms with Crippen LogP contribution in [-0.4, -0.2) is 19.3 Å². The SMILES string of the molecule is Cn1nc(C2CC2)c2c1OC(N)=C(C#N)C2c1ccc(-n2ccnc2C2CC2)cc1. The van der Waals surface area contributed by atoms with E-state index in [9.17, 15) is 5.26 Å². The Labute approximate surface area is 174 Å². The average molecular weight is 398 g/mol. The molecule has 0 spiro atoms. The Hall–Kier alpha value is -3.53. The Bertz CT molecular complexity index is 1220. The third-order valence-corrected chi connectivity index (χ3v) is 6.31. The van der Waals surface area contributed by atoms with Gasteiger partial charge in [0.25, 0.3) is 0 Å². The Morgan fingerprint density at radius 1 is 1.13 bits per heavy atom. The van der Waals surface area contributed by atoms with Gasteiger partial charge in [0.2, 0.25) is 11.8 Å². The molecule has 6 rings (SSSR count). The summed E-state index contributed by atoms with van der Waals surface area (Å²) in [6, 6.07) is 10.6. The highest BCUT2D eigenvalue weighted by atomic mass is 16.5. The Morgan fingerprint density at radius 2 is 1.87 bits per heavy atom. The van der Waals surface area contributed by atoms with Gasteiger partial charge in [0.05, 0.1) is 17.2 Å². The van der Waals surface area contributed by atoms with Crippen molar-refractivity contribution in [1.82, 2.24) is 19.3 Å². The second-order valence-electron chi connectivity index (χ2n) is 8.45. The van der Waals surface area contributed by atoms with Crippen LogP contribution in [0.1, 0.15) is 66.1 Å². The molecule has 2 saturated carbocycles. The quantitative estimate of drug-likeness (QED) is 0.725. The van der Waals surface area contributed by atoms with E-state index in [-0.39, 0.29) is 11.8 Å². The van der Waals surface area contributed by atoms with Crippen LogP contribution in [0.3, 0.4) is 0 Å². The summed E-state index contributed by atoms with van der Waals surface area (Å²) in [5.74, 6) is 2.69. The lowest BCUT2D eigenvalue weighted by molar-refractivity contribution is 0.358. The maximum absolute atomic E-state index is 9.87. The largest absolute Gasteiger partial charge is 0.422 e. The number of nitriles is 1. The predicted octanol–water partition coefficient (Wildman–Crippen LogP) is 3.58. The molecule has 0 amide bonds. The molecule has 30 heavy (non-hydrogen) atoms. The van der Waals surface area contributed by atoms with Crippen molar-refractivity contribution in [2.75, 3.05) is 0 Å². The number of aromatic nitrogens is 4. The molecule has 3 heterocycles. The van der Waals surface area contributed by atoms with Gasteiger partial charge in [-0.25, -0.2) is 9.67 Å². The van der Waals surface area contributed by atoms with Crippen LogP contribution in [-0.2, 0) is 7.05 Å². The van der Waals surface area contributed by atoms with Crippen molar-refractivity contribution in [2.45, 2.75) is 43.4 Å². The zero-order valence-electron chi connectivity index (χ0n) is 16.7. The molecule has 0 radical (unpaired) electrons. The normalized spacial score (nSPS) is 20.6. The zero-order chi connectivity index (χ0) is 20.4. The van der Waals surface area contributed by atoms with Crippen molar-refractivity contribution >= 4 is 0 Å². The van der Waals surface area contributed by atoms with E-state index in [0.717, 1.165) is 41.2 Å². The van der Waals surface area contributed by atoms with Gasteiger partial charge in [0.15, 0.2) is 0 Å². The van der Waals surface area contributed by atoms with Crippen molar-refractivity contribution in [1.29, 1.82) is 5.26 Å². The average Bonchev–Trinajstić information content (AvgIpc) is 3.70. The zero-order valence-corrected chi connectivity index (χ0v) is 16.7. The molecule has 2 N–H and O–H groups in total. The molecule has 1 aromatic carbocycles. The van der Waals surface area contributed by atoms with Crippen molar-refractivity contribution in [2.24, 2.45) is 12.8 Å². The van der Waals surface area contributed by atoms with Crippen LogP contribution in [0.15, 0.2) is 48.1 Å². The maximum atomic E-state index is 9.87. The van der Waals surface area contributed by atoms with Gasteiger partial charge in [-0.05, 0) is 43.4 Å². The molecule has 1 unspecified atom stereocenters. The topological polar surface area (TPSA) is 94.7 Å². The molecular weight excluding hydrogens is 376 g/mol. The second kappa shape index (κ2) is 6.23. The van der Waals surface area contributed by atoms with E-state index in [1.807, 2.05) is 19.4 Å². The maximum Gasteiger partial charge on any atom is 0.224 e. The number of nitrogens with zero attached hydrogens (tertiary/aromatic N) is 5. The number of ether oxygens (including phenoxy) is 1. The standard InChI is InChI=1S/C23H22N6O/c1-28-23-19(20(27-28)14-2-3-14)18(17(12-24)21(25)30-23)13-6-8-16(9-7-13)29-11-10-26-22(29)15-4-5-15/h6-11,14-15,18H,2-5,25H2,1H3. The predicted molar refractivity (Wildman–Crippen MR) is 110 cm³/mol. The van der Waals surface area contributed by atoms with Gasteiger partial charge in [0, 0.05) is 37.0 Å². The number of allylic oxidation sites excluding steroid dienone is 1. The van der Waals surface area contributed by atoms with Crippen molar-refractivity contribution in [3.05, 3.63) is 70.8 Å². The lowest BCUT2D eigenvalue weighted by Crippen LogP contribution is -2.22. The molecule has 1 aliphatic heterocycles. The highest BCUT2D eigenvalue weighted by molar-refractivity contribution is 5.57. The number of imidazole rings is 1. The first kappa shape index (κ1) is 17.3. The summed E-state index contributed by atoms with van der Waals surface area (Å²) in [5.41, 5.74) is 10.7. The molecule has 2 aromatic heterocycles. The van der Waals surface area contributed by atoms with Crippen LogP contribution in [0.25, 0.3) is 5.69 Å². The molecule has 0 saturated heterocycles. The number of hydrogen-bond acceptors (Lipinski definition) is 5. The van der Waals surface area contributed by atoms with Gasteiger partial charge in [-0.1, -0.05) is 12.1 Å². The number of fused-ring (bicyclic) bond motifs is 1. The third-order valence-electron chi connectivity index (χ3n) is 6.31. The Balaban J connectivity index is 1.45. The number of nitrogens with two attached hydrogens (primary N) is 1. The minimum atomic E-state index is -0.261. The van der Waals surface area contributed by atoms with E-state index in [4.69, 9.17) is 15.6 Å². The van der Waals surface area contributed by atoms with Crippen LogP contribution in [0.2, 0.25) is 0 Å². The van der Waals surface area contributed by atoms with Crippen molar-refractivity contribution < 1.29 is 4.74 Å². The van der Waals surface area contributed by atoms with Gasteiger partial charge in [0.1, 0.15) is 17.5 Å². The van der Waals surface area contributed by atoms with Gasteiger partial charge in [-0.2, -0.15) is 10.4 Å². The molecule has 7 nitrogen and oxygen atoms in total. The summed E-state index contributed by atoms with van der Waals surface area (Å²) in [6.07, 6.45) is 8.55. The minimum Gasteiger partial charge on any atom is -0.422 e. The highest BCUT2D eigenvalue weighted by Crippen LogP contribution is 2.50. The minimum absolute atomic E-state index is 0.162. The highest BCUT2D eigenvalue weighted by Gasteiger charge is 2.40. The molecule has 7 heteroatoms. The molecule has 0 bridgehead atoms. The van der Waals surface area contributed by atoms with E-state index in [2.05, 4.69) is 39.9 Å². The van der Waals surface area contributed by atoms with E-state index < -0.39 is 0 Å². The van der Waals surface area contributed by atoms with Crippen LogP contribution in [0.5, 0.6) is 5.88 Å². The first-order chi connectivity index (χ1) is 14.7. The molecule has 150 valence electrons. The lowest BCUT2D eigenvalue weighted by Gasteiger charge is -2.25. The van der Waals surface area contributed by atoms with Crippen LogP contribution in [0.4, 0.5) is 0 Å². The molecule has 2 aliphatic carbocycles. The second-order valence-corrected chi connectivity index (χ2v) is 8.45. The van der Waals surface area contributed by atoms with Gasteiger partial charge >= 0.3 is 0 Å². The van der Waals surface area contributed by atoms with Gasteiger partial charge in [-0.15, -0.1) is 0 Å². The van der Waals surface area contributed by atoms with Crippen LogP contribution < -0.4 is 10.5 Å². The summed E-state index contributed by atoms with van der Waals surface area (Å²) < 4.78 is 9.74. The monoisotopic (exact) mass is 398 g/mol. The van der Waals surface area contributed by atoms with E-state index in [1.165, 1.54) is 12.8 Å². The lowest BCUT2D eigenvalue weighted by atomic mass is 9.83. The fraction of sp³-hybridized carbons (Fsp3) is 0.348. The fourth-order valence-corrected chi connectivity index (χ4v) is 4.50. The molecular formula is C23H22N6O. The van der Waals surface area contributed by atoms with Gasteiger partial charge in [-0.3, -0.25) is 0 Å².